The smallest absolute Gasteiger partial charge is 0.269 e. The van der Waals surface area contributed by atoms with E-state index in [9.17, 15) is 10.1 Å². The fourth-order valence-corrected chi connectivity index (χ4v) is 2.48. The topological polar surface area (TPSA) is 49.6 Å². The zero-order valence-corrected chi connectivity index (χ0v) is 11.8. The SMILES string of the molecule is CN(C)C1(C)CCN(c2ccc([N+](=O)[O-])cc2)CC1. The van der Waals surface area contributed by atoms with Crippen LogP contribution in [0.3, 0.4) is 0 Å². The van der Waals surface area contributed by atoms with Crippen LogP contribution in [0.5, 0.6) is 0 Å². The average Bonchev–Trinajstić information content (AvgIpc) is 2.39. The Hall–Kier alpha value is -1.62. The lowest BCUT2D eigenvalue weighted by atomic mass is 9.88. The second-order valence-corrected chi connectivity index (χ2v) is 5.65. The molecule has 0 unspecified atom stereocenters. The van der Waals surface area contributed by atoms with Gasteiger partial charge < -0.3 is 9.80 Å². The van der Waals surface area contributed by atoms with Gasteiger partial charge in [0, 0.05) is 36.4 Å². The van der Waals surface area contributed by atoms with Crippen molar-refractivity contribution in [2.24, 2.45) is 0 Å². The van der Waals surface area contributed by atoms with Gasteiger partial charge in [0.25, 0.3) is 5.69 Å². The molecule has 0 spiro atoms. The lowest BCUT2D eigenvalue weighted by molar-refractivity contribution is -0.384. The summed E-state index contributed by atoms with van der Waals surface area (Å²) in [6.45, 7) is 4.28. The minimum Gasteiger partial charge on any atom is -0.371 e. The van der Waals surface area contributed by atoms with Gasteiger partial charge in [-0.15, -0.1) is 0 Å². The van der Waals surface area contributed by atoms with Gasteiger partial charge in [-0.1, -0.05) is 0 Å². The fourth-order valence-electron chi connectivity index (χ4n) is 2.48. The summed E-state index contributed by atoms with van der Waals surface area (Å²) < 4.78 is 0. The molecule has 0 aliphatic carbocycles. The van der Waals surface area contributed by atoms with Crippen molar-refractivity contribution in [1.82, 2.24) is 4.90 Å². The molecule has 104 valence electrons. The molecule has 1 fully saturated rings. The Labute approximate surface area is 114 Å². The lowest BCUT2D eigenvalue weighted by Gasteiger charge is -2.44. The van der Waals surface area contributed by atoms with Crippen molar-refractivity contribution in [2.45, 2.75) is 25.3 Å². The first-order valence-corrected chi connectivity index (χ1v) is 6.59. The monoisotopic (exact) mass is 263 g/mol. The van der Waals surface area contributed by atoms with Gasteiger partial charge in [-0.25, -0.2) is 0 Å². The summed E-state index contributed by atoms with van der Waals surface area (Å²) in [6, 6.07) is 6.84. The first-order chi connectivity index (χ1) is 8.92. The summed E-state index contributed by atoms with van der Waals surface area (Å²) in [5.74, 6) is 0. The molecule has 1 aromatic carbocycles. The van der Waals surface area contributed by atoms with Gasteiger partial charge in [0.15, 0.2) is 0 Å². The van der Waals surface area contributed by atoms with Crippen molar-refractivity contribution < 1.29 is 4.92 Å². The van der Waals surface area contributed by atoms with E-state index in [-0.39, 0.29) is 16.1 Å². The number of piperidine rings is 1. The van der Waals surface area contributed by atoms with E-state index in [1.807, 2.05) is 12.1 Å². The van der Waals surface area contributed by atoms with E-state index >= 15 is 0 Å². The first-order valence-electron chi connectivity index (χ1n) is 6.59. The van der Waals surface area contributed by atoms with Gasteiger partial charge >= 0.3 is 0 Å². The van der Waals surface area contributed by atoms with Gasteiger partial charge in [-0.2, -0.15) is 0 Å². The molecule has 0 bridgehead atoms. The summed E-state index contributed by atoms with van der Waals surface area (Å²) in [5.41, 5.74) is 1.49. The van der Waals surface area contributed by atoms with Gasteiger partial charge in [0.1, 0.15) is 0 Å². The largest absolute Gasteiger partial charge is 0.371 e. The van der Waals surface area contributed by atoms with Crippen molar-refractivity contribution in [1.29, 1.82) is 0 Å². The van der Waals surface area contributed by atoms with E-state index in [2.05, 4.69) is 30.8 Å². The molecule has 1 aromatic rings. The van der Waals surface area contributed by atoms with Crippen molar-refractivity contribution in [3.05, 3.63) is 34.4 Å². The van der Waals surface area contributed by atoms with E-state index < -0.39 is 0 Å². The molecular formula is C14H21N3O2. The van der Waals surface area contributed by atoms with Crippen LogP contribution in [0.2, 0.25) is 0 Å². The molecular weight excluding hydrogens is 242 g/mol. The Morgan fingerprint density at radius 1 is 1.21 bits per heavy atom. The number of hydrogen-bond acceptors (Lipinski definition) is 4. The number of hydrogen-bond donors (Lipinski definition) is 0. The second kappa shape index (κ2) is 5.17. The van der Waals surface area contributed by atoms with Crippen molar-refractivity contribution in [2.75, 3.05) is 32.1 Å². The molecule has 0 N–H and O–H groups in total. The third-order valence-corrected chi connectivity index (χ3v) is 4.35. The van der Waals surface area contributed by atoms with Crippen LogP contribution >= 0.6 is 0 Å². The summed E-state index contributed by atoms with van der Waals surface area (Å²) >= 11 is 0. The van der Waals surface area contributed by atoms with Crippen LogP contribution < -0.4 is 4.90 Å². The molecule has 0 radical (unpaired) electrons. The Bertz CT molecular complexity index is 448. The van der Waals surface area contributed by atoms with Crippen LogP contribution in [-0.4, -0.2) is 42.5 Å². The van der Waals surface area contributed by atoms with E-state index in [1.54, 1.807) is 12.1 Å². The van der Waals surface area contributed by atoms with Gasteiger partial charge in [0.05, 0.1) is 4.92 Å². The van der Waals surface area contributed by atoms with Crippen LogP contribution in [0.25, 0.3) is 0 Å². The van der Waals surface area contributed by atoms with E-state index in [1.165, 1.54) is 0 Å². The minimum atomic E-state index is -0.358. The van der Waals surface area contributed by atoms with Crippen molar-refractivity contribution in [3.63, 3.8) is 0 Å². The molecule has 0 atom stereocenters. The van der Waals surface area contributed by atoms with Crippen LogP contribution in [0.1, 0.15) is 19.8 Å². The maximum absolute atomic E-state index is 10.6. The second-order valence-electron chi connectivity index (χ2n) is 5.65. The van der Waals surface area contributed by atoms with Gasteiger partial charge in [0.2, 0.25) is 0 Å². The number of nitrogens with zero attached hydrogens (tertiary/aromatic N) is 3. The molecule has 19 heavy (non-hydrogen) atoms. The zero-order valence-electron chi connectivity index (χ0n) is 11.8. The highest BCUT2D eigenvalue weighted by molar-refractivity contribution is 5.51. The van der Waals surface area contributed by atoms with Gasteiger partial charge in [-0.3, -0.25) is 10.1 Å². The summed E-state index contributed by atoms with van der Waals surface area (Å²) in [5, 5.41) is 10.6. The molecule has 1 aliphatic rings. The Kier molecular flexibility index (Phi) is 3.75. The van der Waals surface area contributed by atoms with Crippen LogP contribution in [0.4, 0.5) is 11.4 Å². The van der Waals surface area contributed by atoms with Crippen molar-refractivity contribution in [3.8, 4) is 0 Å². The lowest BCUT2D eigenvalue weighted by Crippen LogP contribution is -2.50. The summed E-state index contributed by atoms with van der Waals surface area (Å²) in [7, 11) is 4.25. The first kappa shape index (κ1) is 13.8. The fraction of sp³-hybridized carbons (Fsp3) is 0.571. The third kappa shape index (κ3) is 2.87. The Morgan fingerprint density at radius 3 is 2.16 bits per heavy atom. The quantitative estimate of drug-likeness (QED) is 0.621. The molecule has 1 saturated heterocycles. The maximum atomic E-state index is 10.6. The molecule has 2 rings (SSSR count). The van der Waals surface area contributed by atoms with E-state index in [0.29, 0.717) is 0 Å². The van der Waals surface area contributed by atoms with Crippen LogP contribution in [-0.2, 0) is 0 Å². The highest BCUT2D eigenvalue weighted by atomic mass is 16.6. The van der Waals surface area contributed by atoms with Gasteiger partial charge in [-0.05, 0) is 46.0 Å². The molecule has 1 aliphatic heterocycles. The number of benzene rings is 1. The molecule has 0 aromatic heterocycles. The predicted octanol–water partition coefficient (Wildman–Crippen LogP) is 2.52. The Balaban J connectivity index is 2.03. The molecule has 1 heterocycles. The molecule has 0 saturated carbocycles. The number of nitro benzene ring substituents is 1. The predicted molar refractivity (Wildman–Crippen MR) is 76.6 cm³/mol. The zero-order chi connectivity index (χ0) is 14.0. The standard InChI is InChI=1S/C14H21N3O2/c1-14(15(2)3)8-10-16(11-9-14)12-4-6-13(7-5-12)17(18)19/h4-7H,8-11H2,1-3H3. The summed E-state index contributed by atoms with van der Waals surface area (Å²) in [6.07, 6.45) is 2.22. The normalized spacial score (nSPS) is 18.6. The van der Waals surface area contributed by atoms with Crippen LogP contribution in [0.15, 0.2) is 24.3 Å². The highest BCUT2D eigenvalue weighted by Gasteiger charge is 2.31. The van der Waals surface area contributed by atoms with E-state index in [4.69, 9.17) is 0 Å². The highest BCUT2D eigenvalue weighted by Crippen LogP contribution is 2.29. The molecule has 0 amide bonds. The molecule has 5 heteroatoms. The average molecular weight is 263 g/mol. The minimum absolute atomic E-state index is 0.152. The number of anilines is 1. The molecule has 5 nitrogen and oxygen atoms in total. The Morgan fingerprint density at radius 2 is 1.74 bits per heavy atom. The summed E-state index contributed by atoms with van der Waals surface area (Å²) in [4.78, 5) is 14.9. The van der Waals surface area contributed by atoms with E-state index in [0.717, 1.165) is 31.6 Å². The maximum Gasteiger partial charge on any atom is 0.269 e. The third-order valence-electron chi connectivity index (χ3n) is 4.35. The number of rotatable bonds is 3. The number of non-ortho nitro benzene ring substituents is 1. The number of nitro groups is 1. The van der Waals surface area contributed by atoms with Crippen molar-refractivity contribution >= 4 is 11.4 Å². The van der Waals surface area contributed by atoms with Crippen LogP contribution in [0, 0.1) is 10.1 Å².